The molecular formula is C13H20O3S. The predicted octanol–water partition coefficient (Wildman–Crippen LogP) is 3.11. The van der Waals surface area contributed by atoms with E-state index in [2.05, 4.69) is 12.1 Å². The number of hydrogen-bond donors (Lipinski definition) is 0. The highest BCUT2D eigenvalue weighted by atomic mass is 32.2. The van der Waals surface area contributed by atoms with Crippen molar-refractivity contribution in [2.75, 3.05) is 33.7 Å². The van der Waals surface area contributed by atoms with Gasteiger partial charge >= 0.3 is 0 Å². The Morgan fingerprint density at radius 2 is 1.71 bits per heavy atom. The van der Waals surface area contributed by atoms with Gasteiger partial charge in [0, 0.05) is 44.1 Å². The standard InChI is InChI=1S/C13H20O3S/c1-14-9-4-10-17-12-7-5-11(6-8-12)13(15-2)16-3/h5-8,13H,4,9-10H2,1-3H3. The first-order valence-corrected chi connectivity index (χ1v) is 6.57. The zero-order chi connectivity index (χ0) is 12.5. The minimum absolute atomic E-state index is 0.275. The molecule has 0 saturated carbocycles. The second-order valence-corrected chi connectivity index (χ2v) is 4.74. The summed E-state index contributed by atoms with van der Waals surface area (Å²) < 4.78 is 15.4. The summed E-state index contributed by atoms with van der Waals surface area (Å²) in [6, 6.07) is 8.27. The van der Waals surface area contributed by atoms with E-state index < -0.39 is 0 Å². The first-order valence-electron chi connectivity index (χ1n) is 5.59. The molecule has 3 nitrogen and oxygen atoms in total. The average Bonchev–Trinajstić information content (AvgIpc) is 2.38. The molecule has 0 bridgehead atoms. The molecule has 0 N–H and O–H groups in total. The van der Waals surface area contributed by atoms with Crippen molar-refractivity contribution in [3.63, 3.8) is 0 Å². The summed E-state index contributed by atoms with van der Waals surface area (Å²) in [4.78, 5) is 1.26. The number of ether oxygens (including phenoxy) is 3. The van der Waals surface area contributed by atoms with Crippen LogP contribution < -0.4 is 0 Å². The minimum atomic E-state index is -0.275. The van der Waals surface area contributed by atoms with Gasteiger partial charge in [0.2, 0.25) is 0 Å². The molecule has 1 aromatic carbocycles. The predicted molar refractivity (Wildman–Crippen MR) is 70.4 cm³/mol. The third-order valence-corrected chi connectivity index (χ3v) is 3.44. The van der Waals surface area contributed by atoms with E-state index in [1.807, 2.05) is 23.9 Å². The smallest absolute Gasteiger partial charge is 0.183 e. The van der Waals surface area contributed by atoms with Crippen LogP contribution in [0, 0.1) is 0 Å². The van der Waals surface area contributed by atoms with Crippen LogP contribution in [0.4, 0.5) is 0 Å². The lowest BCUT2D eigenvalue weighted by Gasteiger charge is -2.13. The Morgan fingerprint density at radius 3 is 2.24 bits per heavy atom. The van der Waals surface area contributed by atoms with E-state index in [1.54, 1.807) is 21.3 Å². The molecule has 96 valence electrons. The van der Waals surface area contributed by atoms with Crippen molar-refractivity contribution in [3.05, 3.63) is 29.8 Å². The summed E-state index contributed by atoms with van der Waals surface area (Å²) in [6.07, 6.45) is 0.796. The summed E-state index contributed by atoms with van der Waals surface area (Å²) in [5.74, 6) is 1.07. The van der Waals surface area contributed by atoms with E-state index in [0.717, 1.165) is 24.3 Å². The van der Waals surface area contributed by atoms with Crippen molar-refractivity contribution in [2.45, 2.75) is 17.6 Å². The molecule has 0 spiro atoms. The van der Waals surface area contributed by atoms with Gasteiger partial charge in [-0.1, -0.05) is 12.1 Å². The van der Waals surface area contributed by atoms with Gasteiger partial charge in [0.25, 0.3) is 0 Å². The van der Waals surface area contributed by atoms with Crippen molar-refractivity contribution in [3.8, 4) is 0 Å². The van der Waals surface area contributed by atoms with Gasteiger partial charge in [-0.15, -0.1) is 11.8 Å². The fraction of sp³-hybridized carbons (Fsp3) is 0.538. The molecular weight excluding hydrogens is 236 g/mol. The molecule has 1 rings (SSSR count). The molecule has 0 saturated heterocycles. The van der Waals surface area contributed by atoms with Gasteiger partial charge in [-0.25, -0.2) is 0 Å². The first kappa shape index (κ1) is 14.5. The third kappa shape index (κ3) is 5.08. The fourth-order valence-electron chi connectivity index (χ4n) is 1.48. The van der Waals surface area contributed by atoms with Crippen LogP contribution >= 0.6 is 11.8 Å². The molecule has 0 radical (unpaired) electrons. The Morgan fingerprint density at radius 1 is 1.06 bits per heavy atom. The monoisotopic (exact) mass is 256 g/mol. The number of hydrogen-bond acceptors (Lipinski definition) is 4. The quantitative estimate of drug-likeness (QED) is 0.406. The van der Waals surface area contributed by atoms with Crippen LogP contribution in [0.5, 0.6) is 0 Å². The molecule has 0 heterocycles. The van der Waals surface area contributed by atoms with E-state index in [4.69, 9.17) is 14.2 Å². The molecule has 0 aromatic heterocycles. The summed E-state index contributed by atoms with van der Waals surface area (Å²) in [5.41, 5.74) is 1.04. The third-order valence-electron chi connectivity index (χ3n) is 2.34. The molecule has 0 atom stereocenters. The normalized spacial score (nSPS) is 11.1. The van der Waals surface area contributed by atoms with Gasteiger partial charge in [0.1, 0.15) is 0 Å². The van der Waals surface area contributed by atoms with E-state index in [0.29, 0.717) is 0 Å². The highest BCUT2D eigenvalue weighted by Crippen LogP contribution is 2.23. The largest absolute Gasteiger partial charge is 0.385 e. The average molecular weight is 256 g/mol. The maximum Gasteiger partial charge on any atom is 0.183 e. The highest BCUT2D eigenvalue weighted by Gasteiger charge is 2.07. The van der Waals surface area contributed by atoms with Gasteiger partial charge in [0.15, 0.2) is 6.29 Å². The Balaban J connectivity index is 2.44. The van der Waals surface area contributed by atoms with Crippen LogP contribution in [0.15, 0.2) is 29.2 Å². The Bertz CT molecular complexity index is 296. The minimum Gasteiger partial charge on any atom is -0.385 e. The molecule has 0 amide bonds. The molecule has 0 unspecified atom stereocenters. The highest BCUT2D eigenvalue weighted by molar-refractivity contribution is 7.99. The molecule has 0 aliphatic rings. The zero-order valence-corrected chi connectivity index (χ0v) is 11.5. The first-order chi connectivity index (χ1) is 8.31. The van der Waals surface area contributed by atoms with Gasteiger partial charge < -0.3 is 14.2 Å². The van der Waals surface area contributed by atoms with E-state index >= 15 is 0 Å². The summed E-state index contributed by atoms with van der Waals surface area (Å²) in [7, 11) is 5.01. The van der Waals surface area contributed by atoms with Crippen LogP contribution in [-0.2, 0) is 14.2 Å². The van der Waals surface area contributed by atoms with Crippen LogP contribution in [-0.4, -0.2) is 33.7 Å². The van der Waals surface area contributed by atoms with E-state index in [1.165, 1.54) is 4.90 Å². The summed E-state index contributed by atoms with van der Waals surface area (Å²) in [5, 5.41) is 0. The lowest BCUT2D eigenvalue weighted by atomic mass is 10.2. The molecule has 0 aliphatic carbocycles. The van der Waals surface area contributed by atoms with Crippen molar-refractivity contribution in [2.24, 2.45) is 0 Å². The number of benzene rings is 1. The van der Waals surface area contributed by atoms with Crippen molar-refractivity contribution < 1.29 is 14.2 Å². The number of thioether (sulfide) groups is 1. The zero-order valence-electron chi connectivity index (χ0n) is 10.6. The van der Waals surface area contributed by atoms with Gasteiger partial charge in [-0.2, -0.15) is 0 Å². The maximum absolute atomic E-state index is 5.19. The van der Waals surface area contributed by atoms with E-state index in [-0.39, 0.29) is 6.29 Å². The van der Waals surface area contributed by atoms with Crippen molar-refractivity contribution >= 4 is 11.8 Å². The number of rotatable bonds is 8. The molecule has 0 aliphatic heterocycles. The second-order valence-electron chi connectivity index (χ2n) is 3.57. The summed E-state index contributed by atoms with van der Waals surface area (Å²) in [6.45, 7) is 0.820. The van der Waals surface area contributed by atoms with Gasteiger partial charge in [-0.05, 0) is 18.6 Å². The van der Waals surface area contributed by atoms with Crippen molar-refractivity contribution in [1.29, 1.82) is 0 Å². The van der Waals surface area contributed by atoms with Gasteiger partial charge in [0.05, 0.1) is 0 Å². The Hall–Kier alpha value is -0.550. The molecule has 17 heavy (non-hydrogen) atoms. The van der Waals surface area contributed by atoms with E-state index in [9.17, 15) is 0 Å². The second kappa shape index (κ2) is 8.53. The molecule has 1 aromatic rings. The van der Waals surface area contributed by atoms with Crippen LogP contribution in [0.1, 0.15) is 18.3 Å². The lowest BCUT2D eigenvalue weighted by molar-refractivity contribution is -0.106. The molecule has 0 fully saturated rings. The maximum atomic E-state index is 5.19. The van der Waals surface area contributed by atoms with Crippen LogP contribution in [0.2, 0.25) is 0 Å². The Labute approximate surface area is 107 Å². The topological polar surface area (TPSA) is 27.7 Å². The lowest BCUT2D eigenvalue weighted by Crippen LogP contribution is -2.03. The number of methoxy groups -OCH3 is 3. The van der Waals surface area contributed by atoms with Gasteiger partial charge in [-0.3, -0.25) is 0 Å². The van der Waals surface area contributed by atoms with Crippen molar-refractivity contribution in [1.82, 2.24) is 0 Å². The fourth-order valence-corrected chi connectivity index (χ4v) is 2.31. The molecule has 4 heteroatoms. The van der Waals surface area contributed by atoms with Crippen LogP contribution in [0.25, 0.3) is 0 Å². The SMILES string of the molecule is COCCCSc1ccc(C(OC)OC)cc1. The Kier molecular flexibility index (Phi) is 7.28. The summed E-state index contributed by atoms with van der Waals surface area (Å²) >= 11 is 1.83. The van der Waals surface area contributed by atoms with Crippen LogP contribution in [0.3, 0.4) is 0 Å².